The fraction of sp³-hybridized carbons (Fsp3) is 0.385. The van der Waals surface area contributed by atoms with Crippen LogP contribution in [0.2, 0.25) is 0 Å². The Hall–Kier alpha value is -1.76. The van der Waals surface area contributed by atoms with E-state index < -0.39 is 0 Å². The zero-order chi connectivity index (χ0) is 13.7. The van der Waals surface area contributed by atoms with E-state index in [4.69, 9.17) is 10.7 Å². The van der Waals surface area contributed by atoms with Crippen molar-refractivity contribution < 1.29 is 9.94 Å². The molecule has 19 heavy (non-hydrogen) atoms. The first-order valence-corrected chi connectivity index (χ1v) is 6.16. The number of rotatable bonds is 6. The molecular formula is C13H18N4O2. The van der Waals surface area contributed by atoms with Gasteiger partial charge in [-0.15, -0.1) is 5.10 Å². The van der Waals surface area contributed by atoms with Crippen LogP contribution in [0.1, 0.15) is 30.3 Å². The molecule has 0 saturated carbocycles. The number of aliphatic hydroxyl groups is 1. The lowest BCUT2D eigenvalue weighted by Gasteiger charge is -2.14. The van der Waals surface area contributed by atoms with Crippen LogP contribution in [0.25, 0.3) is 0 Å². The molecule has 1 aromatic carbocycles. The van der Waals surface area contributed by atoms with Gasteiger partial charge in [-0.1, -0.05) is 35.5 Å². The largest absolute Gasteiger partial charge is 0.394 e. The highest BCUT2D eigenvalue weighted by molar-refractivity contribution is 5.15. The van der Waals surface area contributed by atoms with E-state index in [0.717, 1.165) is 5.56 Å². The van der Waals surface area contributed by atoms with Gasteiger partial charge in [-0.05, 0) is 18.9 Å². The van der Waals surface area contributed by atoms with E-state index >= 15 is 0 Å². The molecule has 3 N–H and O–H groups in total. The van der Waals surface area contributed by atoms with Gasteiger partial charge >= 0.3 is 0 Å². The minimum Gasteiger partial charge on any atom is -0.394 e. The van der Waals surface area contributed by atoms with Crippen LogP contribution in [-0.4, -0.2) is 26.7 Å². The molecule has 0 bridgehead atoms. The predicted octanol–water partition coefficient (Wildman–Crippen LogP) is 1.01. The Kier molecular flexibility index (Phi) is 4.62. The highest BCUT2D eigenvalue weighted by Gasteiger charge is 2.16. The summed E-state index contributed by atoms with van der Waals surface area (Å²) < 4.78 is 1.65. The van der Waals surface area contributed by atoms with Gasteiger partial charge in [0.1, 0.15) is 11.8 Å². The number of aliphatic hydroxyl groups excluding tert-OH is 1. The Morgan fingerprint density at radius 1 is 1.37 bits per heavy atom. The van der Waals surface area contributed by atoms with Crippen LogP contribution in [0.15, 0.2) is 36.5 Å². The molecule has 2 rings (SSSR count). The summed E-state index contributed by atoms with van der Waals surface area (Å²) >= 11 is 0. The molecule has 0 aliphatic rings. The van der Waals surface area contributed by atoms with Crippen molar-refractivity contribution in [3.63, 3.8) is 0 Å². The van der Waals surface area contributed by atoms with Gasteiger partial charge in [0.15, 0.2) is 0 Å². The van der Waals surface area contributed by atoms with E-state index in [1.54, 1.807) is 17.8 Å². The van der Waals surface area contributed by atoms with Crippen LogP contribution in [0, 0.1) is 0 Å². The fourth-order valence-corrected chi connectivity index (χ4v) is 1.85. The summed E-state index contributed by atoms with van der Waals surface area (Å²) in [4.78, 5) is 4.70. The Balaban J connectivity index is 2.11. The molecule has 0 aliphatic carbocycles. The van der Waals surface area contributed by atoms with Crippen molar-refractivity contribution in [2.24, 2.45) is 5.90 Å². The molecule has 1 aromatic heterocycles. The molecule has 102 valence electrons. The van der Waals surface area contributed by atoms with Crippen molar-refractivity contribution in [2.45, 2.75) is 25.5 Å². The van der Waals surface area contributed by atoms with Gasteiger partial charge in [0.05, 0.1) is 18.8 Å². The first-order valence-electron chi connectivity index (χ1n) is 6.16. The minimum absolute atomic E-state index is 0.00441. The summed E-state index contributed by atoms with van der Waals surface area (Å²) in [5, 5.41) is 17.5. The summed E-state index contributed by atoms with van der Waals surface area (Å²) in [6.07, 6.45) is 2.13. The molecule has 2 aromatic rings. The average molecular weight is 262 g/mol. The third-order valence-corrected chi connectivity index (χ3v) is 3.05. The lowest BCUT2D eigenvalue weighted by molar-refractivity contribution is 0.0633. The Morgan fingerprint density at radius 2 is 2.11 bits per heavy atom. The lowest BCUT2D eigenvalue weighted by atomic mass is 10.1. The summed E-state index contributed by atoms with van der Waals surface area (Å²) in [6, 6.07) is 9.80. The molecule has 0 fully saturated rings. The number of hydrogen-bond donors (Lipinski definition) is 2. The second kappa shape index (κ2) is 6.42. The van der Waals surface area contributed by atoms with E-state index in [0.29, 0.717) is 12.1 Å². The van der Waals surface area contributed by atoms with Crippen LogP contribution in [0.5, 0.6) is 0 Å². The topological polar surface area (TPSA) is 86.2 Å². The highest BCUT2D eigenvalue weighted by atomic mass is 16.6. The zero-order valence-corrected chi connectivity index (χ0v) is 10.8. The number of nitrogens with zero attached hydrogens (tertiary/aromatic N) is 3. The van der Waals surface area contributed by atoms with Crippen molar-refractivity contribution in [2.75, 3.05) is 6.61 Å². The van der Waals surface area contributed by atoms with Crippen LogP contribution >= 0.6 is 0 Å². The summed E-state index contributed by atoms with van der Waals surface area (Å²) in [6.45, 7) is 1.79. The molecule has 0 spiro atoms. The van der Waals surface area contributed by atoms with E-state index in [9.17, 15) is 5.11 Å². The SMILES string of the molecule is C[C@H](ON)c1cn([C@@H](CO)Cc2ccccc2)nn1. The van der Waals surface area contributed by atoms with Gasteiger partial charge in [0.25, 0.3) is 0 Å². The molecular weight excluding hydrogens is 244 g/mol. The van der Waals surface area contributed by atoms with Gasteiger partial charge in [-0.3, -0.25) is 4.84 Å². The van der Waals surface area contributed by atoms with E-state index in [1.807, 2.05) is 30.3 Å². The molecule has 0 radical (unpaired) electrons. The van der Waals surface area contributed by atoms with Crippen molar-refractivity contribution in [3.8, 4) is 0 Å². The van der Waals surface area contributed by atoms with Gasteiger partial charge in [-0.2, -0.15) is 0 Å². The molecule has 0 amide bonds. The molecule has 6 nitrogen and oxygen atoms in total. The molecule has 1 heterocycles. The van der Waals surface area contributed by atoms with Crippen LogP contribution < -0.4 is 5.90 Å². The number of hydrogen-bond acceptors (Lipinski definition) is 5. The average Bonchev–Trinajstić information content (AvgIpc) is 2.94. The monoisotopic (exact) mass is 262 g/mol. The van der Waals surface area contributed by atoms with E-state index in [2.05, 4.69) is 10.3 Å². The van der Waals surface area contributed by atoms with Crippen molar-refractivity contribution in [1.29, 1.82) is 0 Å². The smallest absolute Gasteiger partial charge is 0.121 e. The fourth-order valence-electron chi connectivity index (χ4n) is 1.85. The summed E-state index contributed by atoms with van der Waals surface area (Å²) in [5.74, 6) is 5.12. The molecule has 0 saturated heterocycles. The zero-order valence-electron chi connectivity index (χ0n) is 10.8. The van der Waals surface area contributed by atoms with Crippen LogP contribution in [0.4, 0.5) is 0 Å². The molecule has 6 heteroatoms. The normalized spacial score (nSPS) is 14.3. The maximum absolute atomic E-state index is 9.50. The van der Waals surface area contributed by atoms with Crippen LogP contribution in [0.3, 0.4) is 0 Å². The van der Waals surface area contributed by atoms with Crippen molar-refractivity contribution >= 4 is 0 Å². The predicted molar refractivity (Wildman–Crippen MR) is 70.0 cm³/mol. The summed E-state index contributed by atoms with van der Waals surface area (Å²) in [5.41, 5.74) is 1.79. The quantitative estimate of drug-likeness (QED) is 0.759. The second-order valence-electron chi connectivity index (χ2n) is 4.43. The van der Waals surface area contributed by atoms with Gasteiger partial charge in [0, 0.05) is 0 Å². The number of nitrogens with two attached hydrogens (primary N) is 1. The van der Waals surface area contributed by atoms with Crippen LogP contribution in [-0.2, 0) is 11.3 Å². The number of benzene rings is 1. The van der Waals surface area contributed by atoms with E-state index in [1.165, 1.54) is 0 Å². The maximum Gasteiger partial charge on any atom is 0.121 e. The van der Waals surface area contributed by atoms with Crippen molar-refractivity contribution in [3.05, 3.63) is 47.8 Å². The Labute approximate surface area is 111 Å². The molecule has 2 atom stereocenters. The third kappa shape index (κ3) is 3.37. The van der Waals surface area contributed by atoms with Gasteiger partial charge in [0.2, 0.25) is 0 Å². The minimum atomic E-state index is -0.315. The first kappa shape index (κ1) is 13.7. The molecule has 0 aliphatic heterocycles. The first-order chi connectivity index (χ1) is 9.24. The lowest BCUT2D eigenvalue weighted by Crippen LogP contribution is -2.16. The highest BCUT2D eigenvalue weighted by Crippen LogP contribution is 2.16. The molecule has 0 unspecified atom stereocenters. The summed E-state index contributed by atoms with van der Waals surface area (Å²) in [7, 11) is 0. The second-order valence-corrected chi connectivity index (χ2v) is 4.43. The Bertz CT molecular complexity index is 500. The maximum atomic E-state index is 9.50. The van der Waals surface area contributed by atoms with Crippen molar-refractivity contribution in [1.82, 2.24) is 15.0 Å². The Morgan fingerprint density at radius 3 is 2.74 bits per heavy atom. The van der Waals surface area contributed by atoms with Gasteiger partial charge in [-0.25, -0.2) is 10.6 Å². The standard InChI is InChI=1S/C13H18N4O2/c1-10(19-14)13-8-17(16-15-13)12(9-18)7-11-5-3-2-4-6-11/h2-6,8,10,12,18H,7,9,14H2,1H3/t10-,12+/m0/s1. The third-order valence-electron chi connectivity index (χ3n) is 3.05. The van der Waals surface area contributed by atoms with Gasteiger partial charge < -0.3 is 5.11 Å². The number of aromatic nitrogens is 3. The van der Waals surface area contributed by atoms with E-state index in [-0.39, 0.29) is 18.8 Å².